The lowest BCUT2D eigenvalue weighted by atomic mass is 10.2. The van der Waals surface area contributed by atoms with E-state index in [1.165, 1.54) is 41.7 Å². The molecule has 0 saturated carbocycles. The van der Waals surface area contributed by atoms with Gasteiger partial charge in [0.15, 0.2) is 5.13 Å². The number of nitrogens with one attached hydrogen (secondary N) is 2. The van der Waals surface area contributed by atoms with Crippen LogP contribution in [0.1, 0.15) is 10.4 Å². The molecule has 0 unspecified atom stereocenters. The van der Waals surface area contributed by atoms with Gasteiger partial charge < -0.3 is 0 Å². The number of benzene rings is 2. The standard InChI is InChI=1S/C20H13BrClN3O3S3/c21-18-9-8-17(30-18)16-11-29-20(23-16)24-19(26)12-2-1-3-14(10-12)25-31(27,28)15-6-4-13(22)5-7-15/h1-11,25H,(H,23,24,26). The number of halogens is 2. The molecule has 6 nitrogen and oxygen atoms in total. The van der Waals surface area contributed by atoms with Crippen LogP contribution in [-0.2, 0) is 10.0 Å². The zero-order valence-electron chi connectivity index (χ0n) is 15.5. The number of hydrogen-bond acceptors (Lipinski definition) is 6. The fraction of sp³-hybridized carbons (Fsp3) is 0. The molecule has 0 saturated heterocycles. The van der Waals surface area contributed by atoms with Crippen molar-refractivity contribution in [3.8, 4) is 10.6 Å². The monoisotopic (exact) mass is 553 g/mol. The summed E-state index contributed by atoms with van der Waals surface area (Å²) in [6.45, 7) is 0. The lowest BCUT2D eigenvalue weighted by molar-refractivity contribution is 0.102. The number of anilines is 2. The van der Waals surface area contributed by atoms with Crippen LogP contribution in [-0.4, -0.2) is 19.3 Å². The zero-order valence-corrected chi connectivity index (χ0v) is 20.3. The number of carbonyl (C=O) groups excluding carboxylic acids is 1. The second-order valence-corrected chi connectivity index (χ2v) is 11.7. The summed E-state index contributed by atoms with van der Waals surface area (Å²) < 4.78 is 28.6. The van der Waals surface area contributed by atoms with Gasteiger partial charge in [0.1, 0.15) is 0 Å². The van der Waals surface area contributed by atoms with Crippen molar-refractivity contribution in [3.63, 3.8) is 0 Å². The zero-order chi connectivity index (χ0) is 22.0. The van der Waals surface area contributed by atoms with Crippen LogP contribution >= 0.6 is 50.2 Å². The molecular weight excluding hydrogens is 542 g/mol. The number of aromatic nitrogens is 1. The third-order valence-corrected chi connectivity index (χ3v) is 8.10. The topological polar surface area (TPSA) is 88.2 Å². The minimum Gasteiger partial charge on any atom is -0.298 e. The second-order valence-electron chi connectivity index (χ2n) is 6.24. The Morgan fingerprint density at radius 2 is 1.84 bits per heavy atom. The van der Waals surface area contributed by atoms with E-state index in [4.69, 9.17) is 11.6 Å². The first kappa shape index (κ1) is 22.0. The van der Waals surface area contributed by atoms with Crippen LogP contribution in [0.25, 0.3) is 10.6 Å². The normalized spacial score (nSPS) is 11.3. The predicted octanol–water partition coefficient (Wildman–Crippen LogP) is 6.34. The van der Waals surface area contributed by atoms with Gasteiger partial charge in [0.25, 0.3) is 15.9 Å². The van der Waals surface area contributed by atoms with Gasteiger partial charge in [0, 0.05) is 21.7 Å². The van der Waals surface area contributed by atoms with Crippen LogP contribution in [0.4, 0.5) is 10.8 Å². The molecule has 2 heterocycles. The molecule has 0 aliphatic carbocycles. The predicted molar refractivity (Wildman–Crippen MR) is 130 cm³/mol. The second kappa shape index (κ2) is 9.09. The highest BCUT2D eigenvalue weighted by molar-refractivity contribution is 9.11. The van der Waals surface area contributed by atoms with E-state index in [-0.39, 0.29) is 16.5 Å². The highest BCUT2D eigenvalue weighted by Crippen LogP contribution is 2.33. The first-order chi connectivity index (χ1) is 14.8. The summed E-state index contributed by atoms with van der Waals surface area (Å²) in [5.41, 5.74) is 1.35. The van der Waals surface area contributed by atoms with E-state index in [1.807, 2.05) is 17.5 Å². The molecule has 0 bridgehead atoms. The van der Waals surface area contributed by atoms with Gasteiger partial charge in [-0.15, -0.1) is 22.7 Å². The van der Waals surface area contributed by atoms with E-state index in [0.29, 0.717) is 15.7 Å². The van der Waals surface area contributed by atoms with Crippen molar-refractivity contribution < 1.29 is 13.2 Å². The molecule has 11 heteroatoms. The largest absolute Gasteiger partial charge is 0.298 e. The molecule has 0 aliphatic heterocycles. The molecule has 0 atom stereocenters. The lowest BCUT2D eigenvalue weighted by Crippen LogP contribution is -2.15. The maximum absolute atomic E-state index is 12.6. The highest BCUT2D eigenvalue weighted by Gasteiger charge is 2.16. The Bertz CT molecular complexity index is 1350. The number of amides is 1. The molecule has 1 amide bonds. The highest BCUT2D eigenvalue weighted by atomic mass is 79.9. The Labute approximate surface area is 200 Å². The maximum atomic E-state index is 12.6. The number of rotatable bonds is 6. The quantitative estimate of drug-likeness (QED) is 0.291. The van der Waals surface area contributed by atoms with Crippen molar-refractivity contribution in [3.05, 3.63) is 80.4 Å². The van der Waals surface area contributed by atoms with Crippen molar-refractivity contribution in [1.82, 2.24) is 4.98 Å². The molecular formula is C20H13BrClN3O3S3. The van der Waals surface area contributed by atoms with Crippen molar-refractivity contribution in [2.24, 2.45) is 0 Å². The van der Waals surface area contributed by atoms with Crippen molar-refractivity contribution in [1.29, 1.82) is 0 Å². The van der Waals surface area contributed by atoms with Crippen molar-refractivity contribution >= 4 is 77.0 Å². The number of carbonyl (C=O) groups is 1. The average Bonchev–Trinajstić information content (AvgIpc) is 3.37. The first-order valence-electron chi connectivity index (χ1n) is 8.71. The molecule has 0 fully saturated rings. The van der Waals surface area contributed by atoms with Crippen LogP contribution < -0.4 is 10.0 Å². The van der Waals surface area contributed by atoms with Gasteiger partial charge >= 0.3 is 0 Å². The molecule has 2 aromatic carbocycles. The van der Waals surface area contributed by atoms with Crippen molar-refractivity contribution in [2.45, 2.75) is 4.90 Å². The lowest BCUT2D eigenvalue weighted by Gasteiger charge is -2.09. The number of thiazole rings is 1. The molecule has 0 spiro atoms. The molecule has 4 rings (SSSR count). The third-order valence-electron chi connectivity index (χ3n) is 4.05. The van der Waals surface area contributed by atoms with E-state index in [0.717, 1.165) is 14.4 Å². The first-order valence-corrected chi connectivity index (χ1v) is 13.1. The van der Waals surface area contributed by atoms with Crippen molar-refractivity contribution in [2.75, 3.05) is 10.0 Å². The van der Waals surface area contributed by atoms with E-state index < -0.39 is 10.0 Å². The summed E-state index contributed by atoms with van der Waals surface area (Å²) in [6.07, 6.45) is 0. The Kier molecular flexibility index (Phi) is 6.44. The van der Waals surface area contributed by atoms with Crippen LogP contribution in [0.15, 0.2) is 74.7 Å². The van der Waals surface area contributed by atoms with E-state index in [9.17, 15) is 13.2 Å². The van der Waals surface area contributed by atoms with Gasteiger partial charge in [0.2, 0.25) is 0 Å². The van der Waals surface area contributed by atoms with Gasteiger partial charge in [-0.25, -0.2) is 13.4 Å². The third kappa shape index (κ3) is 5.34. The van der Waals surface area contributed by atoms with E-state index in [2.05, 4.69) is 31.0 Å². The van der Waals surface area contributed by atoms with Crippen LogP contribution in [0.5, 0.6) is 0 Å². The summed E-state index contributed by atoms with van der Waals surface area (Å²) in [5, 5.41) is 5.51. The van der Waals surface area contributed by atoms with E-state index >= 15 is 0 Å². The molecule has 0 aliphatic rings. The molecule has 158 valence electrons. The summed E-state index contributed by atoms with van der Waals surface area (Å²) in [4.78, 5) is 18.1. The minimum atomic E-state index is -3.81. The summed E-state index contributed by atoms with van der Waals surface area (Å²) in [6, 6.07) is 15.9. The number of thiophene rings is 1. The molecule has 2 aromatic heterocycles. The summed E-state index contributed by atoms with van der Waals surface area (Å²) in [7, 11) is -3.81. The molecule has 0 radical (unpaired) electrons. The molecule has 4 aromatic rings. The van der Waals surface area contributed by atoms with Gasteiger partial charge in [-0.1, -0.05) is 17.7 Å². The van der Waals surface area contributed by atoms with Crippen LogP contribution in [0, 0.1) is 0 Å². The fourth-order valence-corrected chi connectivity index (χ4v) is 5.92. The van der Waals surface area contributed by atoms with Crippen LogP contribution in [0.2, 0.25) is 5.02 Å². The Balaban J connectivity index is 1.48. The average molecular weight is 555 g/mol. The molecule has 31 heavy (non-hydrogen) atoms. The number of hydrogen-bond donors (Lipinski definition) is 2. The smallest absolute Gasteiger partial charge is 0.261 e. The Morgan fingerprint density at radius 1 is 1.06 bits per heavy atom. The van der Waals surface area contributed by atoms with Gasteiger partial charge in [-0.2, -0.15) is 0 Å². The maximum Gasteiger partial charge on any atom is 0.261 e. The van der Waals surface area contributed by atoms with E-state index in [1.54, 1.807) is 29.5 Å². The fourth-order valence-electron chi connectivity index (χ4n) is 2.62. The van der Waals surface area contributed by atoms with Gasteiger partial charge in [-0.05, 0) is 70.5 Å². The Hall–Kier alpha value is -2.24. The SMILES string of the molecule is O=C(Nc1nc(-c2ccc(Br)s2)cs1)c1cccc(NS(=O)(=O)c2ccc(Cl)cc2)c1. The number of nitrogens with zero attached hydrogens (tertiary/aromatic N) is 1. The number of sulfonamides is 1. The summed E-state index contributed by atoms with van der Waals surface area (Å²) in [5.74, 6) is -0.388. The van der Waals surface area contributed by atoms with Crippen LogP contribution in [0.3, 0.4) is 0 Å². The summed E-state index contributed by atoms with van der Waals surface area (Å²) >= 11 is 12.1. The van der Waals surface area contributed by atoms with Gasteiger partial charge in [0.05, 0.1) is 19.3 Å². The minimum absolute atomic E-state index is 0.0716. The molecule has 2 N–H and O–H groups in total. The van der Waals surface area contributed by atoms with Gasteiger partial charge in [-0.3, -0.25) is 14.8 Å². The Morgan fingerprint density at radius 3 is 2.55 bits per heavy atom.